The van der Waals surface area contributed by atoms with Crippen LogP contribution in [0.25, 0.3) is 0 Å². The maximum atomic E-state index is 6.01. The Balaban J connectivity index is 1.73. The summed E-state index contributed by atoms with van der Waals surface area (Å²) in [4.78, 5) is 2.37. The van der Waals surface area contributed by atoms with E-state index >= 15 is 0 Å². The van der Waals surface area contributed by atoms with Crippen LogP contribution >= 0.6 is 0 Å². The average Bonchev–Trinajstić information content (AvgIpc) is 2.45. The number of benzene rings is 1. The van der Waals surface area contributed by atoms with E-state index in [9.17, 15) is 0 Å². The molecule has 1 N–H and O–H groups in total. The van der Waals surface area contributed by atoms with E-state index in [0.717, 1.165) is 39.1 Å². The molecule has 2 rings (SSSR count). The molecule has 1 aliphatic heterocycles. The van der Waals surface area contributed by atoms with Gasteiger partial charge >= 0.3 is 0 Å². The van der Waals surface area contributed by atoms with Gasteiger partial charge in [0.2, 0.25) is 0 Å². The second-order valence-corrected chi connectivity index (χ2v) is 6.17. The number of nitrogens with zero attached hydrogens (tertiary/aromatic N) is 1. The largest absolute Gasteiger partial charge is 0.373 e. The van der Waals surface area contributed by atoms with E-state index in [1.54, 1.807) is 0 Å². The second-order valence-electron chi connectivity index (χ2n) is 6.17. The molecule has 1 heterocycles. The first-order valence-electron chi connectivity index (χ1n) is 7.75. The minimum Gasteiger partial charge on any atom is -0.373 e. The van der Waals surface area contributed by atoms with Crippen molar-refractivity contribution in [1.82, 2.24) is 10.2 Å². The first kappa shape index (κ1) is 15.5. The Morgan fingerprint density at radius 2 is 1.75 bits per heavy atom. The maximum Gasteiger partial charge on any atom is 0.0720 e. The number of rotatable bonds is 6. The Hall–Kier alpha value is -0.900. The second kappa shape index (κ2) is 7.77. The maximum absolute atomic E-state index is 6.01. The van der Waals surface area contributed by atoms with Gasteiger partial charge in [-0.1, -0.05) is 38.1 Å². The van der Waals surface area contributed by atoms with Crippen LogP contribution in [0.5, 0.6) is 0 Å². The molecule has 1 aromatic rings. The van der Waals surface area contributed by atoms with Crippen molar-refractivity contribution in [3.05, 3.63) is 35.4 Å². The highest BCUT2D eigenvalue weighted by atomic mass is 16.5. The van der Waals surface area contributed by atoms with Gasteiger partial charge in [-0.25, -0.2) is 0 Å². The monoisotopic (exact) mass is 276 g/mol. The topological polar surface area (TPSA) is 24.5 Å². The zero-order valence-electron chi connectivity index (χ0n) is 13.1. The van der Waals surface area contributed by atoms with Gasteiger partial charge in [-0.3, -0.25) is 0 Å². The lowest BCUT2D eigenvalue weighted by Gasteiger charge is -2.28. The van der Waals surface area contributed by atoms with Crippen LogP contribution in [-0.2, 0) is 17.9 Å². The molecule has 1 aliphatic rings. The summed E-state index contributed by atoms with van der Waals surface area (Å²) in [6.45, 7) is 8.34. The molecule has 0 saturated carbocycles. The molecule has 1 fully saturated rings. The van der Waals surface area contributed by atoms with E-state index in [-0.39, 0.29) is 0 Å². The third-order valence-corrected chi connectivity index (χ3v) is 3.89. The van der Waals surface area contributed by atoms with E-state index in [1.807, 2.05) is 0 Å². The molecule has 0 aliphatic carbocycles. The van der Waals surface area contributed by atoms with Crippen LogP contribution in [0.15, 0.2) is 24.3 Å². The lowest BCUT2D eigenvalue weighted by atomic mass is 10.1. The molecule has 0 unspecified atom stereocenters. The van der Waals surface area contributed by atoms with Crippen LogP contribution in [-0.4, -0.2) is 37.2 Å². The van der Waals surface area contributed by atoms with Gasteiger partial charge in [0.1, 0.15) is 0 Å². The molecule has 0 bridgehead atoms. The molecule has 0 spiro atoms. The van der Waals surface area contributed by atoms with Gasteiger partial charge < -0.3 is 15.0 Å². The standard InChI is InChI=1S/C17H28N2O/c1-14(2)18-12-15-4-6-16(7-5-15)13-20-17-8-10-19(3)11-9-17/h4-7,14,17-18H,8-13H2,1-3H3. The predicted octanol–water partition coefficient (Wildman–Crippen LogP) is 2.80. The molecular formula is C17H28N2O. The molecule has 1 saturated heterocycles. The zero-order valence-corrected chi connectivity index (χ0v) is 13.1. The normalized spacial score (nSPS) is 17.8. The fraction of sp³-hybridized carbons (Fsp3) is 0.647. The number of hydrogen-bond donors (Lipinski definition) is 1. The van der Waals surface area contributed by atoms with E-state index in [1.165, 1.54) is 11.1 Å². The van der Waals surface area contributed by atoms with Gasteiger partial charge in [-0.2, -0.15) is 0 Å². The summed E-state index contributed by atoms with van der Waals surface area (Å²) in [6, 6.07) is 9.30. The van der Waals surface area contributed by atoms with E-state index in [2.05, 4.69) is 55.4 Å². The van der Waals surface area contributed by atoms with Gasteiger partial charge in [0, 0.05) is 25.7 Å². The average molecular weight is 276 g/mol. The van der Waals surface area contributed by atoms with Crippen molar-refractivity contribution in [2.45, 2.75) is 52.0 Å². The summed E-state index contributed by atoms with van der Waals surface area (Å²) >= 11 is 0. The smallest absolute Gasteiger partial charge is 0.0720 e. The van der Waals surface area contributed by atoms with E-state index in [0.29, 0.717) is 12.1 Å². The van der Waals surface area contributed by atoms with E-state index in [4.69, 9.17) is 4.74 Å². The molecule has 112 valence electrons. The summed E-state index contributed by atoms with van der Waals surface area (Å²) in [7, 11) is 2.18. The van der Waals surface area contributed by atoms with Crippen molar-refractivity contribution in [2.24, 2.45) is 0 Å². The summed E-state index contributed by atoms with van der Waals surface area (Å²) in [5.41, 5.74) is 2.61. The summed E-state index contributed by atoms with van der Waals surface area (Å²) in [6.07, 6.45) is 2.76. The van der Waals surface area contributed by atoms with Crippen molar-refractivity contribution < 1.29 is 4.74 Å². The minimum atomic E-state index is 0.438. The quantitative estimate of drug-likeness (QED) is 0.864. The summed E-state index contributed by atoms with van der Waals surface area (Å²) < 4.78 is 6.01. The third kappa shape index (κ3) is 5.23. The molecule has 0 aromatic heterocycles. The SMILES string of the molecule is CC(C)NCc1ccc(COC2CCN(C)CC2)cc1. The number of ether oxygens (including phenoxy) is 1. The van der Waals surface area contributed by atoms with Crippen molar-refractivity contribution in [3.63, 3.8) is 0 Å². The van der Waals surface area contributed by atoms with Crippen molar-refractivity contribution in [3.8, 4) is 0 Å². The molecule has 20 heavy (non-hydrogen) atoms. The first-order valence-corrected chi connectivity index (χ1v) is 7.75. The Bertz CT molecular complexity index is 380. The third-order valence-electron chi connectivity index (χ3n) is 3.89. The highest BCUT2D eigenvalue weighted by Gasteiger charge is 2.16. The van der Waals surface area contributed by atoms with Gasteiger partial charge in [0.25, 0.3) is 0 Å². The van der Waals surface area contributed by atoms with Crippen molar-refractivity contribution in [2.75, 3.05) is 20.1 Å². The highest BCUT2D eigenvalue weighted by molar-refractivity contribution is 5.22. The summed E-state index contributed by atoms with van der Waals surface area (Å²) in [5, 5.41) is 3.43. The van der Waals surface area contributed by atoms with Crippen LogP contribution < -0.4 is 5.32 Å². The molecule has 0 amide bonds. The molecule has 0 radical (unpaired) electrons. The molecule has 1 aromatic carbocycles. The predicted molar refractivity (Wildman–Crippen MR) is 83.7 cm³/mol. The van der Waals surface area contributed by atoms with Gasteiger partial charge in [-0.15, -0.1) is 0 Å². The van der Waals surface area contributed by atoms with Crippen LogP contribution in [0.2, 0.25) is 0 Å². The van der Waals surface area contributed by atoms with Crippen LogP contribution in [0.3, 0.4) is 0 Å². The van der Waals surface area contributed by atoms with Gasteiger partial charge in [0.05, 0.1) is 12.7 Å². The molecular weight excluding hydrogens is 248 g/mol. The molecule has 0 atom stereocenters. The molecule has 3 heteroatoms. The zero-order chi connectivity index (χ0) is 14.4. The Morgan fingerprint density at radius 3 is 2.35 bits per heavy atom. The van der Waals surface area contributed by atoms with Crippen molar-refractivity contribution >= 4 is 0 Å². The summed E-state index contributed by atoms with van der Waals surface area (Å²) in [5.74, 6) is 0. The molecule has 3 nitrogen and oxygen atoms in total. The Labute approximate surface area is 123 Å². The Morgan fingerprint density at radius 1 is 1.15 bits per heavy atom. The van der Waals surface area contributed by atoms with E-state index < -0.39 is 0 Å². The minimum absolute atomic E-state index is 0.438. The Kier molecular flexibility index (Phi) is 6.02. The number of hydrogen-bond acceptors (Lipinski definition) is 3. The van der Waals surface area contributed by atoms with Gasteiger partial charge in [-0.05, 0) is 31.0 Å². The van der Waals surface area contributed by atoms with Crippen LogP contribution in [0, 0.1) is 0 Å². The number of nitrogens with one attached hydrogen (secondary N) is 1. The fourth-order valence-electron chi connectivity index (χ4n) is 2.44. The van der Waals surface area contributed by atoms with Gasteiger partial charge in [0.15, 0.2) is 0 Å². The lowest BCUT2D eigenvalue weighted by Crippen LogP contribution is -2.34. The first-order chi connectivity index (χ1) is 9.63. The fourth-order valence-corrected chi connectivity index (χ4v) is 2.44. The van der Waals surface area contributed by atoms with Crippen LogP contribution in [0.4, 0.5) is 0 Å². The van der Waals surface area contributed by atoms with Crippen LogP contribution in [0.1, 0.15) is 37.8 Å². The lowest BCUT2D eigenvalue weighted by molar-refractivity contribution is 0.00213. The van der Waals surface area contributed by atoms with Crippen molar-refractivity contribution in [1.29, 1.82) is 0 Å². The number of likely N-dealkylation sites (tertiary alicyclic amines) is 1. The number of piperidine rings is 1. The highest BCUT2D eigenvalue weighted by Crippen LogP contribution is 2.15.